The van der Waals surface area contributed by atoms with Crippen LogP contribution >= 0.6 is 0 Å². The van der Waals surface area contributed by atoms with Gasteiger partial charge in [0.25, 0.3) is 0 Å². The Morgan fingerprint density at radius 2 is 0.827 bits per heavy atom. The number of nitrogens with two attached hydrogens (primary N) is 9. The number of hydrogen-bond donors (Lipinski definition) is 9. The van der Waals surface area contributed by atoms with E-state index in [2.05, 4.69) is 41.5 Å². The summed E-state index contributed by atoms with van der Waals surface area (Å²) in [5.74, 6) is -9.68. The van der Waals surface area contributed by atoms with Crippen molar-refractivity contribution in [1.29, 1.82) is 0 Å². The summed E-state index contributed by atoms with van der Waals surface area (Å²) < 4.78 is 37.0. The maximum Gasteiger partial charge on any atom is 0.125 e. The standard InChI is InChI=1S/C8H17NO2.C8H17N.C7H15NO2.2C6H9FO2.C6H11NO2.2C6H13NO2.C6H13N.C5H10FNO2.C5H13N.C5H8O2/c1-8(2,3)5-4-6(9)7(10)11;1-7(9)8-5-3-2-4-6-8;1-5(2)3-4-6(8)7(9)10;2*7-5-2-1-4(3-5)6(8)9;7-5(6(8)9)3-4-1-2-4;1-6(2,3)4(7)5(8)9;1-2-3-4-5(7)6(8)9;1-6(7)4-2-3-5-6;1-5(2,6)3(7)4(8)9;1-3-4-5(2)6;6-5(7)4-2-1-3-4/h6H,4-5,9H2,1-3H3,(H,10,11);7-8H,2-6,9H2,1H3;5-6H,3-4,8H2,1-2H3,(H,9,10);2*4-5H,1-3H2,(H,8,9);4-5H,1-3,7H2,(H,8,9);4H,7H2,1-3H3,(H,8,9);5H,2-4,7H2,1H3,(H,8,9);2-5,7H2,1H3;3H,7H2,1-2H3,(H,8,9);5H,3-4,6H2,1-2H3;4H,1-3H2,(H,6,7)/p-9/t6-;7-;6-;4-,5+;4-,5-;5-;4-;5-;;3-;5-;/m01000010.11./s1. The van der Waals surface area contributed by atoms with Crippen LogP contribution in [0.25, 0.3) is 0 Å². The Bertz CT molecular complexity index is 2250. The number of carbonyl (C=O) groups excluding carboxylic acids is 9. The second kappa shape index (κ2) is 59.7. The van der Waals surface area contributed by atoms with Gasteiger partial charge in [-0.1, -0.05) is 140 Å². The van der Waals surface area contributed by atoms with Gasteiger partial charge in [0.2, 0.25) is 0 Å². The van der Waals surface area contributed by atoms with E-state index >= 15 is 0 Å². The molecule has 0 aromatic carbocycles. The molecule has 0 aromatic heterocycles. The molecule has 0 saturated heterocycles. The smallest absolute Gasteiger partial charge is 0.125 e. The summed E-state index contributed by atoms with van der Waals surface area (Å²) in [6.45, 7) is 28.1. The molecule has 6 fully saturated rings. The third-order valence-electron chi connectivity index (χ3n) is 17.5. The number of alkyl halides is 3. The predicted molar refractivity (Wildman–Crippen MR) is 379 cm³/mol. The van der Waals surface area contributed by atoms with E-state index in [0.29, 0.717) is 75.3 Å². The zero-order valence-electron chi connectivity index (χ0n) is 65.6. The van der Waals surface area contributed by atoms with Gasteiger partial charge < -0.3 is 141 Å². The van der Waals surface area contributed by atoms with Gasteiger partial charge in [-0.15, -0.1) is 0 Å². The predicted octanol–water partition coefficient (Wildman–Crippen LogP) is -0.961. The summed E-state index contributed by atoms with van der Waals surface area (Å²) in [7, 11) is 0. The number of halogens is 3. The van der Waals surface area contributed by atoms with E-state index in [1.54, 1.807) is 20.8 Å². The van der Waals surface area contributed by atoms with Crippen LogP contribution in [-0.2, 0) is 43.2 Å². The van der Waals surface area contributed by atoms with Crippen LogP contribution in [0, 0.1) is 46.3 Å². The van der Waals surface area contributed by atoms with Gasteiger partial charge in [-0.2, -0.15) is 0 Å². The van der Waals surface area contributed by atoms with Gasteiger partial charge in [-0.3, -0.25) is 0 Å². The van der Waals surface area contributed by atoms with Crippen LogP contribution in [0.2, 0.25) is 0 Å². The molecule has 0 amide bonds. The Balaban J connectivity index is -0.000000252. The van der Waals surface area contributed by atoms with Gasteiger partial charge >= 0.3 is 0 Å². The number of rotatable bonds is 23. The molecule has 12 atom stereocenters. The highest BCUT2D eigenvalue weighted by molar-refractivity contribution is 5.73. The molecule has 0 bridgehead atoms. The van der Waals surface area contributed by atoms with Gasteiger partial charge in [0, 0.05) is 77.6 Å². The molecular weight excluding hydrogens is 1360 g/mol. The van der Waals surface area contributed by atoms with Crippen molar-refractivity contribution in [2.24, 2.45) is 97.9 Å². The molecule has 0 aliphatic heterocycles. The molecule has 27 nitrogen and oxygen atoms in total. The highest BCUT2D eigenvalue weighted by Gasteiger charge is 2.28. The van der Waals surface area contributed by atoms with Crippen LogP contribution in [0.3, 0.4) is 0 Å². The summed E-state index contributed by atoms with van der Waals surface area (Å²) in [6, 6.07) is -4.70. The second-order valence-electron chi connectivity index (χ2n) is 31.8. The first-order valence-electron chi connectivity index (χ1n) is 37.1. The van der Waals surface area contributed by atoms with Crippen molar-refractivity contribution in [2.75, 3.05) is 0 Å². The Kier molecular flexibility index (Phi) is 62.9. The summed E-state index contributed by atoms with van der Waals surface area (Å²) in [5.41, 5.74) is 45.9. The van der Waals surface area contributed by atoms with E-state index in [4.69, 9.17) is 51.6 Å². The van der Waals surface area contributed by atoms with Gasteiger partial charge in [-0.25, -0.2) is 13.2 Å². The Morgan fingerprint density at radius 3 is 1.00 bits per heavy atom. The lowest BCUT2D eigenvalue weighted by Gasteiger charge is -2.27. The number of unbranched alkanes of at least 4 members (excludes halogenated alkanes) is 1. The normalized spacial score (nSPS) is 20.9. The van der Waals surface area contributed by atoms with Crippen molar-refractivity contribution in [3.63, 3.8) is 0 Å². The third kappa shape index (κ3) is 69.7. The van der Waals surface area contributed by atoms with Crippen molar-refractivity contribution in [2.45, 2.75) is 368 Å². The summed E-state index contributed by atoms with van der Waals surface area (Å²) >= 11 is 0. The third-order valence-corrected chi connectivity index (χ3v) is 17.5. The molecule has 6 saturated carbocycles. The number of carboxylic acids is 9. The average Bonchev–Trinajstić information content (AvgIpc) is 1.56. The molecule has 104 heavy (non-hydrogen) atoms. The van der Waals surface area contributed by atoms with Crippen LogP contribution in [0.15, 0.2) is 0 Å². The lowest BCUT2D eigenvalue weighted by molar-refractivity contribution is -0.315. The minimum absolute atomic E-state index is 0.111. The topological polar surface area (TPSA) is 595 Å². The maximum absolute atomic E-state index is 12.5. The van der Waals surface area contributed by atoms with Crippen molar-refractivity contribution in [1.82, 2.24) is 0 Å². The van der Waals surface area contributed by atoms with Gasteiger partial charge in [0.15, 0.2) is 0 Å². The summed E-state index contributed by atoms with van der Waals surface area (Å²) in [4.78, 5) is 90.2. The number of carboxylic acid groups (broad SMARTS) is 9. The largest absolute Gasteiger partial charge is 0.550 e. The number of aliphatic carboxylic acids is 9. The van der Waals surface area contributed by atoms with E-state index in [0.717, 1.165) is 84.0 Å². The fraction of sp³-hybridized carbons (Fsp3) is 0.878. The lowest BCUT2D eigenvalue weighted by atomic mass is 9.85. The molecule has 0 spiro atoms. The summed E-state index contributed by atoms with van der Waals surface area (Å²) in [5, 5.41) is 90.2. The fourth-order valence-electron chi connectivity index (χ4n) is 9.54. The monoisotopic (exact) mass is 1500 g/mol. The van der Waals surface area contributed by atoms with Crippen molar-refractivity contribution in [3.05, 3.63) is 0 Å². The van der Waals surface area contributed by atoms with E-state index in [1.165, 1.54) is 64.2 Å². The van der Waals surface area contributed by atoms with Crippen LogP contribution in [0.4, 0.5) is 13.2 Å². The molecule has 0 aromatic rings. The van der Waals surface area contributed by atoms with Crippen LogP contribution < -0.4 is 97.6 Å². The zero-order valence-corrected chi connectivity index (χ0v) is 65.6. The van der Waals surface area contributed by atoms with Crippen molar-refractivity contribution >= 4 is 53.7 Å². The number of hydrogen-bond acceptors (Lipinski definition) is 27. The average molecular weight is 1500 g/mol. The molecule has 6 aliphatic rings. The SMILES string of the molecule is CC(C)(C)CC[C@H](N)C(=O)[O-].CC(C)(C)[C@H](N)C(=O)[O-].CC(C)(F)[C@H](N)C(=O)[O-].CC(C)CC[C@H](N)C(=O)[O-].CC1(N)CCCC1.CCCC[C@H](N)C(=O)[O-].CCC[C@@H](C)N.C[C@@H](N)C1CCCCC1.N[C@@H](CC1CC1)C(=O)[O-].O=C([O-])C1CCC1.O=C([O-])[C@H]1CC[C@@H](F)C1.O=C([O-])[C@H]1CC[C@H](F)C1. The highest BCUT2D eigenvalue weighted by Crippen LogP contribution is 2.33. The van der Waals surface area contributed by atoms with Crippen LogP contribution in [0.5, 0.6) is 0 Å². The summed E-state index contributed by atoms with van der Waals surface area (Å²) in [6.07, 6.45) is 25.3. The molecular formula is C74H139F3N9O18-9. The first kappa shape index (κ1) is 110. The molecule has 6 aliphatic carbocycles. The Hall–Kier alpha value is -5.34. The molecule has 6 rings (SSSR count). The Morgan fingerprint density at radius 1 is 0.442 bits per heavy atom. The fourth-order valence-corrected chi connectivity index (χ4v) is 9.54. The van der Waals surface area contributed by atoms with Gasteiger partial charge in [0.05, 0.1) is 41.9 Å². The number of carbonyl (C=O) groups is 9. The Labute approximate surface area is 620 Å². The molecule has 30 heteroatoms. The molecule has 0 heterocycles. The van der Waals surface area contributed by atoms with Crippen molar-refractivity contribution < 1.29 is 102 Å². The molecule has 18 N–H and O–H groups in total. The lowest BCUT2D eigenvalue weighted by Crippen LogP contribution is -2.52. The zero-order chi connectivity index (χ0) is 82.6. The van der Waals surface area contributed by atoms with Crippen LogP contribution in [-0.4, -0.2) is 126 Å². The van der Waals surface area contributed by atoms with Crippen molar-refractivity contribution in [3.8, 4) is 0 Å². The minimum Gasteiger partial charge on any atom is -0.550 e. The van der Waals surface area contributed by atoms with E-state index < -0.39 is 125 Å². The molecule has 618 valence electrons. The quantitative estimate of drug-likeness (QED) is 0.0595. The highest BCUT2D eigenvalue weighted by atomic mass is 19.1. The van der Waals surface area contributed by atoms with E-state index in [-0.39, 0.29) is 29.7 Å². The van der Waals surface area contributed by atoms with Gasteiger partial charge in [-0.05, 0) is 191 Å². The molecule has 0 unspecified atom stereocenters. The maximum atomic E-state index is 12.5. The van der Waals surface area contributed by atoms with Gasteiger partial charge in [0.1, 0.15) is 18.0 Å². The first-order chi connectivity index (χ1) is 47.4. The minimum atomic E-state index is -1.90. The second-order valence-corrected chi connectivity index (χ2v) is 31.8. The first-order valence-corrected chi connectivity index (χ1v) is 37.1. The van der Waals surface area contributed by atoms with Crippen LogP contribution in [0.1, 0.15) is 296 Å². The molecule has 0 radical (unpaired) electrons. The van der Waals surface area contributed by atoms with E-state index in [1.807, 2.05) is 27.7 Å². The van der Waals surface area contributed by atoms with E-state index in [9.17, 15) is 102 Å².